The van der Waals surface area contributed by atoms with Gasteiger partial charge in [0.05, 0.1) is 0 Å². The highest BCUT2D eigenvalue weighted by atomic mass is 32.1. The summed E-state index contributed by atoms with van der Waals surface area (Å²) in [6.45, 7) is 1.46. The van der Waals surface area contributed by atoms with E-state index in [2.05, 4.69) is 15.3 Å². The molecular formula is C12H11N3OS. The van der Waals surface area contributed by atoms with E-state index < -0.39 is 0 Å². The van der Waals surface area contributed by atoms with Gasteiger partial charge in [-0.2, -0.15) is 0 Å². The Labute approximate surface area is 103 Å². The molecule has 0 saturated heterocycles. The molecule has 4 nitrogen and oxygen atoms in total. The Morgan fingerprint density at radius 3 is 3.00 bits per heavy atom. The second kappa shape index (κ2) is 5.36. The Bertz CT molecular complexity index is 534. The Morgan fingerprint density at radius 1 is 1.41 bits per heavy atom. The zero-order chi connectivity index (χ0) is 12.1. The highest BCUT2D eigenvalue weighted by molar-refractivity contribution is 7.16. The lowest BCUT2D eigenvalue weighted by Gasteiger charge is -1.92. The molecule has 0 radical (unpaired) electrons. The average molecular weight is 245 g/mol. The molecular weight excluding hydrogens is 234 g/mol. The number of hydrogen-bond acceptors (Lipinski definition) is 4. The summed E-state index contributed by atoms with van der Waals surface area (Å²) < 4.78 is 0. The summed E-state index contributed by atoms with van der Waals surface area (Å²) in [7, 11) is 0. The number of aromatic nitrogens is 2. The molecule has 2 aromatic rings. The van der Waals surface area contributed by atoms with Gasteiger partial charge in [0.15, 0.2) is 5.13 Å². The molecule has 5 heteroatoms. The van der Waals surface area contributed by atoms with Gasteiger partial charge in [-0.1, -0.05) is 23.5 Å². The number of nitrogens with one attached hydrogen (secondary N) is 1. The standard InChI is InChI=1S/C12H11N3OS/c1-9(16)15-12-14-8-11(17-12)5-4-10-3-2-6-13-7-10/h2-8H,1H3,(H,14,15,16)/b5-4+. The second-order valence-corrected chi connectivity index (χ2v) is 4.43. The third-order valence-electron chi connectivity index (χ3n) is 1.93. The fourth-order valence-corrected chi connectivity index (χ4v) is 1.99. The van der Waals surface area contributed by atoms with Gasteiger partial charge >= 0.3 is 0 Å². The van der Waals surface area contributed by atoms with Crippen molar-refractivity contribution in [3.63, 3.8) is 0 Å². The van der Waals surface area contributed by atoms with Crippen LogP contribution in [0.2, 0.25) is 0 Å². The molecule has 17 heavy (non-hydrogen) atoms. The quantitative estimate of drug-likeness (QED) is 0.904. The molecule has 0 aliphatic carbocycles. The molecule has 0 aliphatic rings. The largest absolute Gasteiger partial charge is 0.302 e. The van der Waals surface area contributed by atoms with Crippen molar-refractivity contribution in [2.24, 2.45) is 0 Å². The summed E-state index contributed by atoms with van der Waals surface area (Å²) >= 11 is 1.43. The number of hydrogen-bond donors (Lipinski definition) is 1. The molecule has 0 atom stereocenters. The van der Waals surface area contributed by atoms with Crippen molar-refractivity contribution in [1.82, 2.24) is 9.97 Å². The number of nitrogens with zero attached hydrogens (tertiary/aromatic N) is 2. The van der Waals surface area contributed by atoms with E-state index in [-0.39, 0.29) is 5.91 Å². The number of thiazole rings is 1. The molecule has 0 spiro atoms. The lowest BCUT2D eigenvalue weighted by molar-refractivity contribution is -0.114. The van der Waals surface area contributed by atoms with Gasteiger partial charge in [0.25, 0.3) is 0 Å². The molecule has 0 aliphatic heterocycles. The third-order valence-corrected chi connectivity index (χ3v) is 2.81. The second-order valence-electron chi connectivity index (χ2n) is 3.37. The topological polar surface area (TPSA) is 54.9 Å². The first-order valence-electron chi connectivity index (χ1n) is 5.05. The van der Waals surface area contributed by atoms with Crippen molar-refractivity contribution in [2.45, 2.75) is 6.92 Å². The summed E-state index contributed by atoms with van der Waals surface area (Å²) in [5, 5.41) is 3.26. The van der Waals surface area contributed by atoms with Gasteiger partial charge in [-0.05, 0) is 17.7 Å². The Kier molecular flexibility index (Phi) is 3.62. The van der Waals surface area contributed by atoms with Crippen LogP contribution in [0.15, 0.2) is 30.7 Å². The van der Waals surface area contributed by atoms with Crippen LogP contribution in [-0.2, 0) is 4.79 Å². The average Bonchev–Trinajstić information content (AvgIpc) is 2.75. The van der Waals surface area contributed by atoms with Crippen LogP contribution in [0.4, 0.5) is 5.13 Å². The van der Waals surface area contributed by atoms with Crippen molar-refractivity contribution in [1.29, 1.82) is 0 Å². The molecule has 1 amide bonds. The van der Waals surface area contributed by atoms with Gasteiger partial charge in [0.2, 0.25) is 5.91 Å². The maximum absolute atomic E-state index is 10.8. The van der Waals surface area contributed by atoms with Crippen molar-refractivity contribution in [2.75, 3.05) is 5.32 Å². The minimum atomic E-state index is -0.109. The molecule has 2 aromatic heterocycles. The zero-order valence-electron chi connectivity index (χ0n) is 9.25. The van der Waals surface area contributed by atoms with Crippen molar-refractivity contribution in [3.8, 4) is 0 Å². The maximum Gasteiger partial charge on any atom is 0.223 e. The molecule has 1 N–H and O–H groups in total. The minimum absolute atomic E-state index is 0.109. The third kappa shape index (κ3) is 3.49. The van der Waals surface area contributed by atoms with Gasteiger partial charge in [-0.15, -0.1) is 0 Å². The first kappa shape index (κ1) is 11.5. The van der Waals surface area contributed by atoms with E-state index in [0.717, 1.165) is 10.4 Å². The lowest BCUT2D eigenvalue weighted by Crippen LogP contribution is -2.04. The first-order chi connectivity index (χ1) is 8.24. The van der Waals surface area contributed by atoms with Crippen LogP contribution < -0.4 is 5.32 Å². The molecule has 86 valence electrons. The summed E-state index contributed by atoms with van der Waals surface area (Å²) in [6, 6.07) is 3.86. The van der Waals surface area contributed by atoms with E-state index in [1.165, 1.54) is 18.3 Å². The SMILES string of the molecule is CC(=O)Nc1ncc(/C=C/c2cccnc2)s1. The van der Waals surface area contributed by atoms with Crippen LogP contribution in [0.5, 0.6) is 0 Å². The smallest absolute Gasteiger partial charge is 0.223 e. The van der Waals surface area contributed by atoms with Gasteiger partial charge in [0, 0.05) is 30.4 Å². The summed E-state index contributed by atoms with van der Waals surface area (Å²) in [6.07, 6.45) is 9.14. The minimum Gasteiger partial charge on any atom is -0.302 e. The number of carbonyl (C=O) groups excluding carboxylic acids is 1. The normalized spacial score (nSPS) is 10.6. The van der Waals surface area contributed by atoms with Crippen LogP contribution in [0.1, 0.15) is 17.4 Å². The zero-order valence-corrected chi connectivity index (χ0v) is 10.1. The van der Waals surface area contributed by atoms with Crippen molar-refractivity contribution < 1.29 is 4.79 Å². The van der Waals surface area contributed by atoms with E-state index in [4.69, 9.17) is 0 Å². The van der Waals surface area contributed by atoms with E-state index in [1.807, 2.05) is 24.3 Å². The molecule has 0 fully saturated rings. The number of rotatable bonds is 3. The summed E-state index contributed by atoms with van der Waals surface area (Å²) in [5.41, 5.74) is 1.03. The number of carbonyl (C=O) groups is 1. The maximum atomic E-state index is 10.8. The van der Waals surface area contributed by atoms with E-state index in [1.54, 1.807) is 18.6 Å². The van der Waals surface area contributed by atoms with E-state index in [9.17, 15) is 4.79 Å². The molecule has 0 bridgehead atoms. The van der Waals surface area contributed by atoms with Crippen LogP contribution in [0.3, 0.4) is 0 Å². The van der Waals surface area contributed by atoms with Crippen LogP contribution in [0.25, 0.3) is 12.2 Å². The number of pyridine rings is 1. The fourth-order valence-electron chi connectivity index (χ4n) is 1.22. The molecule has 0 aromatic carbocycles. The van der Waals surface area contributed by atoms with Crippen LogP contribution >= 0.6 is 11.3 Å². The van der Waals surface area contributed by atoms with Gasteiger partial charge < -0.3 is 5.32 Å². The Hall–Kier alpha value is -2.01. The fraction of sp³-hybridized carbons (Fsp3) is 0.0833. The van der Waals surface area contributed by atoms with Gasteiger partial charge in [0.1, 0.15) is 0 Å². The predicted molar refractivity (Wildman–Crippen MR) is 69.6 cm³/mol. The molecule has 2 heterocycles. The predicted octanol–water partition coefficient (Wildman–Crippen LogP) is 2.67. The highest BCUT2D eigenvalue weighted by Crippen LogP contribution is 2.20. The van der Waals surface area contributed by atoms with E-state index in [0.29, 0.717) is 5.13 Å². The summed E-state index contributed by atoms with van der Waals surface area (Å²) in [4.78, 5) is 19.9. The first-order valence-corrected chi connectivity index (χ1v) is 5.87. The molecule has 2 rings (SSSR count). The van der Waals surface area contributed by atoms with Gasteiger partial charge in [-0.25, -0.2) is 4.98 Å². The Balaban J connectivity index is 2.06. The number of anilines is 1. The highest BCUT2D eigenvalue weighted by Gasteiger charge is 2.00. The number of amides is 1. The lowest BCUT2D eigenvalue weighted by atomic mass is 10.2. The van der Waals surface area contributed by atoms with Crippen LogP contribution in [0, 0.1) is 0 Å². The molecule has 0 saturated carbocycles. The summed E-state index contributed by atoms with van der Waals surface area (Å²) in [5.74, 6) is -0.109. The molecule has 0 unspecified atom stereocenters. The van der Waals surface area contributed by atoms with Crippen molar-refractivity contribution >= 4 is 34.5 Å². The van der Waals surface area contributed by atoms with Crippen molar-refractivity contribution in [3.05, 3.63) is 41.2 Å². The Morgan fingerprint density at radius 2 is 2.29 bits per heavy atom. The monoisotopic (exact) mass is 245 g/mol. The van der Waals surface area contributed by atoms with E-state index >= 15 is 0 Å². The van der Waals surface area contributed by atoms with Crippen LogP contribution in [-0.4, -0.2) is 15.9 Å². The van der Waals surface area contributed by atoms with Gasteiger partial charge in [-0.3, -0.25) is 9.78 Å².